The van der Waals surface area contributed by atoms with E-state index in [4.69, 9.17) is 42.7 Å². The lowest BCUT2D eigenvalue weighted by Gasteiger charge is -2.19. The van der Waals surface area contributed by atoms with Crippen LogP contribution in [0.1, 0.15) is 44.5 Å². The molecular formula is C28H20Cl4O12S4. The molecule has 4 aromatic rings. The summed E-state index contributed by atoms with van der Waals surface area (Å²) in [4.78, 5) is -2.15. The van der Waals surface area contributed by atoms with Gasteiger partial charge in [-0.25, -0.2) is 33.7 Å². The Morgan fingerprint density at radius 3 is 0.562 bits per heavy atom. The maximum Gasteiger partial charge on any atom is 0.261 e. The molecule has 0 spiro atoms. The summed E-state index contributed by atoms with van der Waals surface area (Å²) < 4.78 is 99.6. The lowest BCUT2D eigenvalue weighted by molar-refractivity contribution is 0.449. The minimum atomic E-state index is -4.49. The zero-order valence-corrected chi connectivity index (χ0v) is 29.9. The number of aromatic hydroxyl groups is 4. The molecule has 12 nitrogen and oxygen atoms in total. The van der Waals surface area contributed by atoms with Gasteiger partial charge in [0.1, 0.15) is 23.0 Å². The highest BCUT2D eigenvalue weighted by atomic mass is 35.7. The van der Waals surface area contributed by atoms with E-state index in [9.17, 15) is 54.1 Å². The van der Waals surface area contributed by atoms with Crippen LogP contribution in [-0.4, -0.2) is 54.1 Å². The largest absolute Gasteiger partial charge is 0.507 e. The van der Waals surface area contributed by atoms with E-state index < -0.39 is 104 Å². The van der Waals surface area contributed by atoms with Crippen molar-refractivity contribution >= 4 is 78.9 Å². The van der Waals surface area contributed by atoms with E-state index in [0.717, 1.165) is 48.5 Å². The standard InChI is InChI=1S/C28H20Cl4O12S4/c29-45(37,38)21-5-13-1-14-6-22(46(30,39)40)8-16(26(14)34)3-18-10-24(48(32,43)44)12-20(28(18)36)4-19-11-23(47(31,41)42)9-17(27(19)35)2-15(7-21)25(13)33/h5-12,33-36H,1-4H2. The van der Waals surface area contributed by atoms with Crippen LogP contribution >= 0.6 is 42.7 Å². The monoisotopic (exact) mass is 816 g/mol. The van der Waals surface area contributed by atoms with Gasteiger partial charge in [-0.1, -0.05) is 0 Å². The van der Waals surface area contributed by atoms with E-state index >= 15 is 0 Å². The number of benzene rings is 4. The Bertz CT molecular complexity index is 2060. The van der Waals surface area contributed by atoms with Gasteiger partial charge in [0, 0.05) is 113 Å². The Morgan fingerprint density at radius 2 is 0.458 bits per heavy atom. The van der Waals surface area contributed by atoms with E-state index in [-0.39, 0.29) is 44.5 Å². The SMILES string of the molecule is O=S(=O)(Cl)c1cc2c(O)c(c1)Cc1cc(S(=O)(=O)Cl)cc(c1O)Cc1cc(S(=O)(=O)Cl)cc(c1O)Cc1cc(S(=O)(=O)Cl)cc(c1O)C2. The van der Waals surface area contributed by atoms with Crippen molar-refractivity contribution in [1.29, 1.82) is 0 Å². The number of hydrogen-bond donors (Lipinski definition) is 4. The molecule has 4 aromatic carbocycles. The summed E-state index contributed by atoms with van der Waals surface area (Å²) in [7, 11) is 4.56. The molecule has 5 rings (SSSR count). The molecule has 0 heterocycles. The molecule has 0 aromatic heterocycles. The number of phenolic OH excluding ortho intramolecular Hbond substituents is 4. The Kier molecular flexibility index (Phi) is 9.40. The van der Waals surface area contributed by atoms with Crippen LogP contribution in [0.4, 0.5) is 0 Å². The number of fused-ring (bicyclic) bond motifs is 8. The molecule has 0 unspecified atom stereocenters. The van der Waals surface area contributed by atoms with Crippen molar-refractivity contribution in [3.8, 4) is 23.0 Å². The highest BCUT2D eigenvalue weighted by molar-refractivity contribution is 8.14. The number of halogens is 4. The van der Waals surface area contributed by atoms with Crippen LogP contribution in [0.5, 0.6) is 23.0 Å². The second kappa shape index (κ2) is 12.4. The molecule has 20 heteroatoms. The first-order valence-electron chi connectivity index (χ1n) is 13.1. The Labute approximate surface area is 292 Å². The van der Waals surface area contributed by atoms with E-state index in [1.165, 1.54) is 0 Å². The van der Waals surface area contributed by atoms with E-state index in [1.54, 1.807) is 0 Å². The van der Waals surface area contributed by atoms with Crippen LogP contribution in [-0.2, 0) is 61.9 Å². The predicted octanol–water partition coefficient (Wildman–Crippen LogP) is 4.90. The molecule has 0 saturated heterocycles. The first kappa shape index (κ1) is 36.3. The Morgan fingerprint density at radius 1 is 0.333 bits per heavy atom. The molecule has 0 atom stereocenters. The lowest BCUT2D eigenvalue weighted by Crippen LogP contribution is -2.06. The second-order valence-corrected chi connectivity index (χ2v) is 21.1. The van der Waals surface area contributed by atoms with Crippen LogP contribution < -0.4 is 0 Å². The van der Waals surface area contributed by atoms with Crippen molar-refractivity contribution in [3.63, 3.8) is 0 Å². The summed E-state index contributed by atoms with van der Waals surface area (Å²) in [6.45, 7) is 0. The minimum absolute atomic E-state index is 0.203. The zero-order valence-electron chi connectivity index (χ0n) is 23.6. The summed E-state index contributed by atoms with van der Waals surface area (Å²) in [5.74, 6) is -2.31. The summed E-state index contributed by atoms with van der Waals surface area (Å²) in [5, 5.41) is 45.2. The van der Waals surface area contributed by atoms with Crippen molar-refractivity contribution in [2.75, 3.05) is 0 Å². The molecule has 0 saturated carbocycles. The van der Waals surface area contributed by atoms with Crippen molar-refractivity contribution in [2.24, 2.45) is 0 Å². The third-order valence-electron chi connectivity index (χ3n) is 7.61. The first-order chi connectivity index (χ1) is 21.9. The molecule has 48 heavy (non-hydrogen) atoms. The first-order valence-corrected chi connectivity index (χ1v) is 22.3. The summed E-state index contributed by atoms with van der Waals surface area (Å²) in [5.41, 5.74) is -1.63. The molecule has 256 valence electrons. The number of phenols is 4. The lowest BCUT2D eigenvalue weighted by atomic mass is 9.91. The predicted molar refractivity (Wildman–Crippen MR) is 176 cm³/mol. The van der Waals surface area contributed by atoms with Gasteiger partial charge in [0.15, 0.2) is 0 Å². The van der Waals surface area contributed by atoms with Crippen molar-refractivity contribution in [3.05, 3.63) is 93.0 Å². The van der Waals surface area contributed by atoms with E-state index in [1.807, 2.05) is 0 Å². The smallest absolute Gasteiger partial charge is 0.261 e. The van der Waals surface area contributed by atoms with E-state index in [0.29, 0.717) is 0 Å². The minimum Gasteiger partial charge on any atom is -0.507 e. The van der Waals surface area contributed by atoms with Gasteiger partial charge in [-0.2, -0.15) is 0 Å². The van der Waals surface area contributed by atoms with Crippen LogP contribution in [0.15, 0.2) is 68.1 Å². The van der Waals surface area contributed by atoms with Crippen LogP contribution in [0, 0.1) is 0 Å². The third-order valence-corrected chi connectivity index (χ3v) is 12.9. The van der Waals surface area contributed by atoms with Gasteiger partial charge in [-0.05, 0) is 48.5 Å². The highest BCUT2D eigenvalue weighted by Crippen LogP contribution is 2.41. The van der Waals surface area contributed by atoms with Gasteiger partial charge in [0.05, 0.1) is 19.6 Å². The molecule has 4 N–H and O–H groups in total. The molecule has 0 aliphatic heterocycles. The quantitative estimate of drug-likeness (QED) is 0.178. The summed E-state index contributed by atoms with van der Waals surface area (Å²) >= 11 is 0. The topological polar surface area (TPSA) is 217 Å². The average molecular weight is 819 g/mol. The average Bonchev–Trinajstić information content (AvgIpc) is 2.93. The second-order valence-electron chi connectivity index (χ2n) is 10.8. The maximum absolute atomic E-state index is 12.4. The van der Waals surface area contributed by atoms with Crippen LogP contribution in [0.2, 0.25) is 0 Å². The third kappa shape index (κ3) is 7.45. The van der Waals surface area contributed by atoms with Crippen molar-refractivity contribution < 1.29 is 54.1 Å². The maximum atomic E-state index is 12.4. The van der Waals surface area contributed by atoms with E-state index in [2.05, 4.69) is 0 Å². The molecular weight excluding hydrogens is 798 g/mol. The van der Waals surface area contributed by atoms with Crippen LogP contribution in [0.25, 0.3) is 0 Å². The number of rotatable bonds is 4. The molecule has 1 aliphatic rings. The molecule has 1 aliphatic carbocycles. The highest BCUT2D eigenvalue weighted by Gasteiger charge is 2.27. The summed E-state index contributed by atoms with van der Waals surface area (Å²) in [6, 6.07) is 7.69. The number of hydrogen-bond acceptors (Lipinski definition) is 12. The van der Waals surface area contributed by atoms with Gasteiger partial charge < -0.3 is 20.4 Å². The molecule has 0 amide bonds. The van der Waals surface area contributed by atoms with Crippen molar-refractivity contribution in [2.45, 2.75) is 45.3 Å². The van der Waals surface area contributed by atoms with Crippen LogP contribution in [0.3, 0.4) is 0 Å². The van der Waals surface area contributed by atoms with Gasteiger partial charge in [-0.3, -0.25) is 0 Å². The fraction of sp³-hybridized carbons (Fsp3) is 0.143. The molecule has 0 fully saturated rings. The normalized spacial score (nSPS) is 14.1. The summed E-state index contributed by atoms with van der Waals surface area (Å²) in [6.07, 6.45) is -2.17. The molecule has 8 bridgehead atoms. The Hall–Kier alpha value is -2.96. The van der Waals surface area contributed by atoms with Gasteiger partial charge in [0.25, 0.3) is 36.2 Å². The van der Waals surface area contributed by atoms with Gasteiger partial charge in [0.2, 0.25) is 0 Å². The fourth-order valence-electron chi connectivity index (χ4n) is 5.37. The van der Waals surface area contributed by atoms with Crippen molar-refractivity contribution in [1.82, 2.24) is 0 Å². The van der Waals surface area contributed by atoms with Gasteiger partial charge >= 0.3 is 0 Å². The molecule has 0 radical (unpaired) electrons. The Balaban J connectivity index is 1.93. The van der Waals surface area contributed by atoms with Gasteiger partial charge in [-0.15, -0.1) is 0 Å². The fourth-order valence-corrected chi connectivity index (χ4v) is 8.71. The zero-order chi connectivity index (χ0) is 35.7.